The van der Waals surface area contributed by atoms with Crippen molar-refractivity contribution in [2.45, 2.75) is 110 Å². The van der Waals surface area contributed by atoms with Crippen molar-refractivity contribution < 1.29 is 14.6 Å². The molecule has 1 aromatic heterocycles. The van der Waals surface area contributed by atoms with Gasteiger partial charge in [0.05, 0.1) is 18.0 Å². The van der Waals surface area contributed by atoms with E-state index in [1.165, 1.54) is 49.7 Å². The van der Waals surface area contributed by atoms with Crippen LogP contribution in [0.1, 0.15) is 102 Å². The molecule has 3 heteroatoms. The summed E-state index contributed by atoms with van der Waals surface area (Å²) in [6.07, 6.45) is 16.3. The van der Waals surface area contributed by atoms with E-state index < -0.39 is 5.60 Å². The standard InChI is InChI=1S/C27H42O3/c1-18(7-5-13-26(2,3)29)23-11-12-24-19(8-6-14-27(23,24)4)15-25-22-16-21(28)10-9-20(22)17-30-25/h15,17-18,21,23-24,28-29H,5-14,16H2,1-4H3/b19-15+/t18-,21+,23-,24?,27-/m1/s1. The zero-order valence-electron chi connectivity index (χ0n) is 19.5. The summed E-state index contributed by atoms with van der Waals surface area (Å²) in [5.41, 5.74) is 3.99. The first kappa shape index (κ1) is 22.1. The van der Waals surface area contributed by atoms with Crippen molar-refractivity contribution in [2.24, 2.45) is 23.2 Å². The molecule has 4 rings (SSSR count). The second kappa shape index (κ2) is 8.47. The number of hydrogen-bond acceptors (Lipinski definition) is 3. The second-order valence-electron chi connectivity index (χ2n) is 11.5. The highest BCUT2D eigenvalue weighted by Crippen LogP contribution is 2.60. The Balaban J connectivity index is 1.49. The molecule has 0 radical (unpaired) electrons. The maximum atomic E-state index is 10.1. The van der Waals surface area contributed by atoms with Gasteiger partial charge in [-0.1, -0.05) is 32.3 Å². The highest BCUT2D eigenvalue weighted by molar-refractivity contribution is 5.55. The average Bonchev–Trinajstić information content (AvgIpc) is 3.21. The zero-order chi connectivity index (χ0) is 21.5. The van der Waals surface area contributed by atoms with Gasteiger partial charge in [0.25, 0.3) is 0 Å². The lowest BCUT2D eigenvalue weighted by Crippen LogP contribution is -2.36. The van der Waals surface area contributed by atoms with Gasteiger partial charge in [0.2, 0.25) is 0 Å². The van der Waals surface area contributed by atoms with Gasteiger partial charge >= 0.3 is 0 Å². The van der Waals surface area contributed by atoms with Crippen LogP contribution in [0.4, 0.5) is 0 Å². The Bertz CT molecular complexity index is 768. The van der Waals surface area contributed by atoms with Crippen LogP contribution in [0, 0.1) is 23.2 Å². The number of hydrogen-bond donors (Lipinski definition) is 2. The smallest absolute Gasteiger partial charge is 0.130 e. The minimum Gasteiger partial charge on any atom is -0.464 e. The molecule has 168 valence electrons. The van der Waals surface area contributed by atoms with Gasteiger partial charge in [-0.25, -0.2) is 0 Å². The molecule has 1 heterocycles. The minimum atomic E-state index is -0.543. The molecule has 3 aliphatic rings. The SMILES string of the molecule is C[C@H](CCCC(C)(C)O)[C@H]1CCC2/C(=C/c3occ4c3C[C@@H](O)CC4)CCC[C@@]21C. The van der Waals surface area contributed by atoms with Crippen LogP contribution in [0.15, 0.2) is 16.3 Å². The molecule has 1 unspecified atom stereocenters. The summed E-state index contributed by atoms with van der Waals surface area (Å²) >= 11 is 0. The van der Waals surface area contributed by atoms with Crippen molar-refractivity contribution in [3.63, 3.8) is 0 Å². The number of fused-ring (bicyclic) bond motifs is 2. The average molecular weight is 415 g/mol. The van der Waals surface area contributed by atoms with Gasteiger partial charge in [-0.2, -0.15) is 0 Å². The van der Waals surface area contributed by atoms with Gasteiger partial charge in [0.15, 0.2) is 0 Å². The highest BCUT2D eigenvalue weighted by Gasteiger charge is 2.50. The number of aliphatic hydroxyl groups is 2. The molecule has 0 amide bonds. The Morgan fingerprint density at radius 1 is 1.27 bits per heavy atom. The lowest BCUT2D eigenvalue weighted by atomic mass is 9.60. The lowest BCUT2D eigenvalue weighted by Gasteiger charge is -2.44. The van der Waals surface area contributed by atoms with E-state index in [1.807, 2.05) is 20.1 Å². The molecule has 0 spiro atoms. The first-order valence-corrected chi connectivity index (χ1v) is 12.4. The number of rotatable bonds is 6. The Hall–Kier alpha value is -1.06. The number of furan rings is 1. The molecule has 3 aliphatic carbocycles. The predicted molar refractivity (Wildman–Crippen MR) is 122 cm³/mol. The van der Waals surface area contributed by atoms with Crippen molar-refractivity contribution in [2.75, 3.05) is 0 Å². The topological polar surface area (TPSA) is 53.6 Å². The summed E-state index contributed by atoms with van der Waals surface area (Å²) in [5, 5.41) is 20.2. The number of allylic oxidation sites excluding steroid dienone is 1. The second-order valence-corrected chi connectivity index (χ2v) is 11.5. The van der Waals surface area contributed by atoms with Crippen LogP contribution in [-0.2, 0) is 12.8 Å². The number of aryl methyl sites for hydroxylation is 1. The van der Waals surface area contributed by atoms with Crippen LogP contribution >= 0.6 is 0 Å². The normalized spacial score (nSPS) is 34.1. The number of aliphatic hydroxyl groups excluding tert-OH is 1. The minimum absolute atomic E-state index is 0.218. The molecule has 1 aromatic rings. The zero-order valence-corrected chi connectivity index (χ0v) is 19.5. The molecule has 0 bridgehead atoms. The highest BCUT2D eigenvalue weighted by atomic mass is 16.3. The van der Waals surface area contributed by atoms with Gasteiger partial charge < -0.3 is 14.6 Å². The Kier molecular flexibility index (Phi) is 6.25. The Morgan fingerprint density at radius 2 is 2.07 bits per heavy atom. The summed E-state index contributed by atoms with van der Waals surface area (Å²) in [4.78, 5) is 0. The fourth-order valence-corrected chi connectivity index (χ4v) is 7.07. The van der Waals surface area contributed by atoms with Gasteiger partial charge in [0, 0.05) is 12.0 Å². The first-order chi connectivity index (χ1) is 14.2. The van der Waals surface area contributed by atoms with Gasteiger partial charge in [0.1, 0.15) is 5.76 Å². The van der Waals surface area contributed by atoms with Crippen LogP contribution in [0.2, 0.25) is 0 Å². The van der Waals surface area contributed by atoms with Gasteiger partial charge in [-0.05, 0) is 100 Å². The molecule has 5 atom stereocenters. The van der Waals surface area contributed by atoms with Gasteiger partial charge in [-0.15, -0.1) is 0 Å². The van der Waals surface area contributed by atoms with Crippen molar-refractivity contribution in [3.8, 4) is 0 Å². The largest absolute Gasteiger partial charge is 0.464 e. The molecule has 0 aliphatic heterocycles. The fourth-order valence-electron chi connectivity index (χ4n) is 7.07. The van der Waals surface area contributed by atoms with E-state index in [0.717, 1.165) is 43.8 Å². The molecule has 2 saturated carbocycles. The van der Waals surface area contributed by atoms with E-state index in [4.69, 9.17) is 4.42 Å². The molecule has 2 fully saturated rings. The van der Waals surface area contributed by atoms with E-state index in [9.17, 15) is 10.2 Å². The van der Waals surface area contributed by atoms with Crippen molar-refractivity contribution in [3.05, 3.63) is 28.7 Å². The molecule has 0 aromatic carbocycles. The Labute approximate surface area is 183 Å². The van der Waals surface area contributed by atoms with Gasteiger partial charge in [-0.3, -0.25) is 0 Å². The van der Waals surface area contributed by atoms with Crippen LogP contribution in [0.5, 0.6) is 0 Å². The molecular weight excluding hydrogens is 372 g/mol. The van der Waals surface area contributed by atoms with Crippen LogP contribution in [-0.4, -0.2) is 21.9 Å². The summed E-state index contributed by atoms with van der Waals surface area (Å²) in [6, 6.07) is 0. The van der Waals surface area contributed by atoms with Crippen LogP contribution in [0.25, 0.3) is 6.08 Å². The molecule has 30 heavy (non-hydrogen) atoms. The summed E-state index contributed by atoms with van der Waals surface area (Å²) in [7, 11) is 0. The summed E-state index contributed by atoms with van der Waals surface area (Å²) in [6.45, 7) is 8.85. The quantitative estimate of drug-likeness (QED) is 0.574. The predicted octanol–water partition coefficient (Wildman–Crippen LogP) is 6.31. The van der Waals surface area contributed by atoms with E-state index in [2.05, 4.69) is 19.9 Å². The third-order valence-corrected chi connectivity index (χ3v) is 8.69. The maximum Gasteiger partial charge on any atom is 0.130 e. The molecule has 2 N–H and O–H groups in total. The molecule has 3 nitrogen and oxygen atoms in total. The first-order valence-electron chi connectivity index (χ1n) is 12.4. The van der Waals surface area contributed by atoms with Crippen LogP contribution < -0.4 is 0 Å². The Morgan fingerprint density at radius 3 is 2.83 bits per heavy atom. The van der Waals surface area contributed by atoms with E-state index in [1.54, 1.807) is 5.57 Å². The van der Waals surface area contributed by atoms with E-state index in [-0.39, 0.29) is 6.10 Å². The summed E-state index contributed by atoms with van der Waals surface area (Å²) < 4.78 is 6.00. The monoisotopic (exact) mass is 414 g/mol. The van der Waals surface area contributed by atoms with Crippen LogP contribution in [0.3, 0.4) is 0 Å². The third kappa shape index (κ3) is 4.43. The van der Waals surface area contributed by atoms with E-state index >= 15 is 0 Å². The summed E-state index contributed by atoms with van der Waals surface area (Å²) in [5.74, 6) is 3.18. The van der Waals surface area contributed by atoms with Crippen molar-refractivity contribution in [1.29, 1.82) is 0 Å². The molecular formula is C27H42O3. The molecule has 0 saturated heterocycles. The van der Waals surface area contributed by atoms with Crippen molar-refractivity contribution >= 4 is 6.08 Å². The van der Waals surface area contributed by atoms with E-state index in [0.29, 0.717) is 17.3 Å². The van der Waals surface area contributed by atoms with Crippen molar-refractivity contribution in [1.82, 2.24) is 0 Å². The lowest BCUT2D eigenvalue weighted by molar-refractivity contribution is 0.0597. The maximum absolute atomic E-state index is 10.1. The third-order valence-electron chi connectivity index (χ3n) is 8.69. The fraction of sp³-hybridized carbons (Fsp3) is 0.778.